The minimum absolute atomic E-state index is 0.0417. The van der Waals surface area contributed by atoms with Crippen LogP contribution in [0.2, 0.25) is 5.02 Å². The van der Waals surface area contributed by atoms with Gasteiger partial charge in [-0.3, -0.25) is 4.79 Å². The van der Waals surface area contributed by atoms with E-state index >= 15 is 0 Å². The van der Waals surface area contributed by atoms with Crippen molar-refractivity contribution in [2.75, 3.05) is 20.7 Å². The normalized spacial score (nSPS) is 12.1. The first-order valence-corrected chi connectivity index (χ1v) is 7.36. The Morgan fingerprint density at radius 2 is 1.81 bits per heavy atom. The van der Waals surface area contributed by atoms with Gasteiger partial charge in [-0.05, 0) is 58.5 Å². The van der Waals surface area contributed by atoms with Crippen molar-refractivity contribution in [2.45, 2.75) is 38.8 Å². The maximum absolute atomic E-state index is 10.5. The molecule has 0 bridgehead atoms. The smallest absolute Gasteiger partial charge is 0.207 e. The molecule has 0 aliphatic carbocycles. The zero-order valence-corrected chi connectivity index (χ0v) is 14.3. The molecular weight excluding hydrogens is 288 g/mol. The highest BCUT2D eigenvalue weighted by atomic mass is 35.5. The molecule has 0 saturated heterocycles. The molecule has 1 aromatic rings. The van der Waals surface area contributed by atoms with Gasteiger partial charge >= 0.3 is 0 Å². The minimum Gasteiger partial charge on any atom is -0.379 e. The molecule has 1 unspecified atom stereocenters. The van der Waals surface area contributed by atoms with Crippen LogP contribution in [0, 0.1) is 0 Å². The van der Waals surface area contributed by atoms with Crippen LogP contribution in [0.4, 0.5) is 0 Å². The second-order valence-corrected chi connectivity index (χ2v) is 6.03. The molecule has 1 aromatic carbocycles. The van der Waals surface area contributed by atoms with E-state index in [0.29, 0.717) is 5.02 Å². The van der Waals surface area contributed by atoms with Gasteiger partial charge in [-0.15, -0.1) is 0 Å². The first kappa shape index (κ1) is 19.9. The zero-order valence-electron chi connectivity index (χ0n) is 13.6. The number of nitrogens with one attached hydrogen (secondary N) is 2. The summed E-state index contributed by atoms with van der Waals surface area (Å²) < 4.78 is 4.94. The number of hydrogen-bond donors (Lipinski definition) is 2. The van der Waals surface area contributed by atoms with Crippen LogP contribution >= 0.6 is 11.6 Å². The lowest BCUT2D eigenvalue weighted by Gasteiger charge is -2.16. The summed E-state index contributed by atoms with van der Waals surface area (Å²) in [6, 6.07) is 7.57. The molecule has 1 atom stereocenters. The fourth-order valence-electron chi connectivity index (χ4n) is 1.41. The number of ether oxygens (including phenoxy) is 1. The molecule has 0 heterocycles. The highest BCUT2D eigenvalue weighted by Gasteiger charge is 2.09. The molecule has 5 heteroatoms. The van der Waals surface area contributed by atoms with Crippen molar-refractivity contribution in [3.05, 3.63) is 34.9 Å². The van der Waals surface area contributed by atoms with E-state index in [0.717, 1.165) is 24.9 Å². The highest BCUT2D eigenvalue weighted by Crippen LogP contribution is 2.18. The fourth-order valence-corrected chi connectivity index (χ4v) is 1.54. The number of rotatable bonds is 6. The molecule has 4 nitrogen and oxygen atoms in total. The van der Waals surface area contributed by atoms with E-state index in [2.05, 4.69) is 10.6 Å². The predicted octanol–water partition coefficient (Wildman–Crippen LogP) is 3.17. The number of carbonyl (C=O) groups is 1. The monoisotopic (exact) mass is 314 g/mol. The average molecular weight is 315 g/mol. The van der Waals surface area contributed by atoms with Crippen LogP contribution < -0.4 is 10.6 Å². The van der Waals surface area contributed by atoms with Crippen LogP contribution in [-0.4, -0.2) is 32.7 Å². The third-order valence-corrected chi connectivity index (χ3v) is 3.09. The Morgan fingerprint density at radius 1 is 1.29 bits per heavy atom. The Balaban J connectivity index is 0.000000567. The Hall–Kier alpha value is -1.10. The number of benzene rings is 1. The van der Waals surface area contributed by atoms with Gasteiger partial charge in [-0.1, -0.05) is 23.7 Å². The number of carbonyl (C=O) groups excluding carboxylic acids is 1. The SMILES string of the molecule is CNCCC(NC=O)c1ccc(Cl)cc1.COC(C)(C)C. The van der Waals surface area contributed by atoms with Gasteiger partial charge in [0.2, 0.25) is 6.41 Å². The maximum atomic E-state index is 10.5. The van der Waals surface area contributed by atoms with E-state index in [1.54, 1.807) is 7.11 Å². The third kappa shape index (κ3) is 10.3. The number of methoxy groups -OCH3 is 1. The Kier molecular flexibility index (Phi) is 10.0. The summed E-state index contributed by atoms with van der Waals surface area (Å²) >= 11 is 5.80. The second-order valence-electron chi connectivity index (χ2n) is 5.60. The van der Waals surface area contributed by atoms with Crippen molar-refractivity contribution in [1.29, 1.82) is 0 Å². The van der Waals surface area contributed by atoms with Gasteiger partial charge in [0.25, 0.3) is 0 Å². The van der Waals surface area contributed by atoms with Crippen LogP contribution in [0.3, 0.4) is 0 Å². The second kappa shape index (κ2) is 10.6. The summed E-state index contributed by atoms with van der Waals surface area (Å²) in [5.41, 5.74) is 1.11. The molecule has 0 radical (unpaired) electrons. The average Bonchev–Trinajstić information content (AvgIpc) is 2.44. The van der Waals surface area contributed by atoms with Crippen molar-refractivity contribution >= 4 is 18.0 Å². The lowest BCUT2D eigenvalue weighted by Crippen LogP contribution is -2.23. The molecule has 0 aromatic heterocycles. The molecule has 0 fully saturated rings. The molecule has 2 N–H and O–H groups in total. The van der Waals surface area contributed by atoms with Gasteiger partial charge in [0.05, 0.1) is 11.6 Å². The largest absolute Gasteiger partial charge is 0.379 e. The summed E-state index contributed by atoms with van der Waals surface area (Å²) in [7, 11) is 3.60. The molecular formula is C16H27ClN2O2. The molecule has 0 spiro atoms. The van der Waals surface area contributed by atoms with Crippen LogP contribution in [0.5, 0.6) is 0 Å². The van der Waals surface area contributed by atoms with Gasteiger partial charge in [0.15, 0.2) is 0 Å². The first-order chi connectivity index (χ1) is 9.84. The Morgan fingerprint density at radius 3 is 2.19 bits per heavy atom. The van der Waals surface area contributed by atoms with Crippen molar-refractivity contribution < 1.29 is 9.53 Å². The van der Waals surface area contributed by atoms with Crippen LogP contribution in [0.15, 0.2) is 24.3 Å². The molecule has 1 amide bonds. The van der Waals surface area contributed by atoms with Gasteiger partial charge in [-0.25, -0.2) is 0 Å². The third-order valence-electron chi connectivity index (χ3n) is 2.84. The Bertz CT molecular complexity index is 388. The van der Waals surface area contributed by atoms with E-state index in [-0.39, 0.29) is 11.6 Å². The molecule has 0 saturated carbocycles. The van der Waals surface area contributed by atoms with Crippen molar-refractivity contribution in [3.8, 4) is 0 Å². The number of amides is 1. The molecule has 120 valence electrons. The topological polar surface area (TPSA) is 50.4 Å². The maximum Gasteiger partial charge on any atom is 0.207 e. The van der Waals surface area contributed by atoms with Gasteiger partial charge in [-0.2, -0.15) is 0 Å². The summed E-state index contributed by atoms with van der Waals surface area (Å²) in [5.74, 6) is 0. The predicted molar refractivity (Wildman–Crippen MR) is 88.7 cm³/mol. The summed E-state index contributed by atoms with van der Waals surface area (Å²) in [6.07, 6.45) is 1.59. The van der Waals surface area contributed by atoms with E-state index < -0.39 is 0 Å². The lowest BCUT2D eigenvalue weighted by atomic mass is 10.0. The highest BCUT2D eigenvalue weighted by molar-refractivity contribution is 6.30. The lowest BCUT2D eigenvalue weighted by molar-refractivity contribution is -0.110. The standard InChI is InChI=1S/C11H15ClN2O.C5H12O/c1-13-7-6-11(14-8-15)9-2-4-10(12)5-3-9;1-5(2,3)6-4/h2-5,8,11,13H,6-7H2,1H3,(H,14,15);1-4H3. The number of halogens is 1. The number of hydrogen-bond acceptors (Lipinski definition) is 3. The fraction of sp³-hybridized carbons (Fsp3) is 0.562. The van der Waals surface area contributed by atoms with Crippen LogP contribution in [0.25, 0.3) is 0 Å². The van der Waals surface area contributed by atoms with E-state index in [1.807, 2.05) is 52.1 Å². The van der Waals surface area contributed by atoms with Gasteiger partial charge < -0.3 is 15.4 Å². The van der Waals surface area contributed by atoms with Gasteiger partial charge in [0.1, 0.15) is 0 Å². The van der Waals surface area contributed by atoms with Crippen molar-refractivity contribution in [1.82, 2.24) is 10.6 Å². The van der Waals surface area contributed by atoms with E-state index in [9.17, 15) is 4.79 Å². The molecule has 0 aliphatic rings. The Labute approximate surface area is 133 Å². The zero-order chi connectivity index (χ0) is 16.3. The first-order valence-electron chi connectivity index (χ1n) is 6.99. The van der Waals surface area contributed by atoms with Crippen LogP contribution in [-0.2, 0) is 9.53 Å². The summed E-state index contributed by atoms with van der Waals surface area (Å²) in [5, 5.41) is 6.55. The summed E-state index contributed by atoms with van der Waals surface area (Å²) in [6.45, 7) is 6.92. The van der Waals surface area contributed by atoms with Gasteiger partial charge in [0, 0.05) is 12.1 Å². The van der Waals surface area contributed by atoms with Crippen LogP contribution in [0.1, 0.15) is 38.8 Å². The van der Waals surface area contributed by atoms with E-state index in [4.69, 9.17) is 16.3 Å². The quantitative estimate of drug-likeness (QED) is 0.793. The van der Waals surface area contributed by atoms with Crippen molar-refractivity contribution in [3.63, 3.8) is 0 Å². The molecule has 1 rings (SSSR count). The summed E-state index contributed by atoms with van der Waals surface area (Å²) in [4.78, 5) is 10.5. The molecule has 21 heavy (non-hydrogen) atoms. The molecule has 0 aliphatic heterocycles. The minimum atomic E-state index is 0.0417. The van der Waals surface area contributed by atoms with E-state index in [1.165, 1.54) is 0 Å². The van der Waals surface area contributed by atoms with Crippen molar-refractivity contribution in [2.24, 2.45) is 0 Å².